The Labute approximate surface area is 149 Å². The Hall–Kier alpha value is -2.99. The molecule has 0 aliphatic carbocycles. The van der Waals surface area contributed by atoms with Gasteiger partial charge in [0.25, 0.3) is 5.91 Å². The molecular weight excluding hydrogens is 336 g/mol. The summed E-state index contributed by atoms with van der Waals surface area (Å²) in [4.78, 5) is 24.7. The number of nitrogens with one attached hydrogen (secondary N) is 1. The van der Waals surface area contributed by atoms with Crippen LogP contribution in [0.2, 0.25) is 0 Å². The fourth-order valence-electron chi connectivity index (χ4n) is 2.27. The van der Waals surface area contributed by atoms with Gasteiger partial charge in [0, 0.05) is 16.1 Å². The third-order valence-electron chi connectivity index (χ3n) is 3.49. The van der Waals surface area contributed by atoms with Crippen molar-refractivity contribution in [2.45, 2.75) is 10.6 Å². The molecule has 1 aromatic heterocycles. The molecule has 3 N–H and O–H groups in total. The molecular formula is C19H16N2O3S. The summed E-state index contributed by atoms with van der Waals surface area (Å²) in [5.41, 5.74) is 6.70. The largest absolute Gasteiger partial charge is 0.468 e. The lowest BCUT2D eigenvalue weighted by atomic mass is 10.1. The van der Waals surface area contributed by atoms with Crippen LogP contribution in [0.5, 0.6) is 0 Å². The van der Waals surface area contributed by atoms with Crippen LogP contribution < -0.4 is 11.1 Å². The van der Waals surface area contributed by atoms with E-state index in [2.05, 4.69) is 5.32 Å². The van der Waals surface area contributed by atoms with Crippen LogP contribution in [0, 0.1) is 0 Å². The highest BCUT2D eigenvalue weighted by molar-refractivity contribution is 7.98. The Balaban J connectivity index is 1.75. The van der Waals surface area contributed by atoms with E-state index >= 15 is 0 Å². The first-order chi connectivity index (χ1) is 12.1. The monoisotopic (exact) mass is 352 g/mol. The molecule has 25 heavy (non-hydrogen) atoms. The summed E-state index contributed by atoms with van der Waals surface area (Å²) in [5.74, 6) is 0.693. The van der Waals surface area contributed by atoms with Crippen LogP contribution in [0.3, 0.4) is 0 Å². The van der Waals surface area contributed by atoms with Crippen molar-refractivity contribution in [3.63, 3.8) is 0 Å². The number of nitrogens with two attached hydrogens (primary N) is 1. The van der Waals surface area contributed by atoms with Crippen LogP contribution in [0.1, 0.15) is 26.5 Å². The lowest BCUT2D eigenvalue weighted by Gasteiger charge is -2.10. The maximum absolute atomic E-state index is 12.6. The molecule has 0 saturated carbocycles. The van der Waals surface area contributed by atoms with Gasteiger partial charge in [0.2, 0.25) is 5.91 Å². The first kappa shape index (κ1) is 16.9. The van der Waals surface area contributed by atoms with Crippen molar-refractivity contribution in [3.8, 4) is 0 Å². The molecule has 0 atom stereocenters. The quantitative estimate of drug-likeness (QED) is 0.658. The number of furan rings is 1. The van der Waals surface area contributed by atoms with Crippen molar-refractivity contribution in [1.82, 2.24) is 0 Å². The summed E-state index contributed by atoms with van der Waals surface area (Å²) < 4.78 is 5.32. The predicted octanol–water partition coefficient (Wildman–Crippen LogP) is 3.92. The molecule has 1 heterocycles. The molecule has 126 valence electrons. The van der Waals surface area contributed by atoms with Crippen LogP contribution in [0.15, 0.2) is 76.2 Å². The lowest BCUT2D eigenvalue weighted by molar-refractivity contribution is 0.0995. The second kappa shape index (κ2) is 7.72. The third kappa shape index (κ3) is 4.30. The summed E-state index contributed by atoms with van der Waals surface area (Å²) in [5, 5.41) is 2.80. The van der Waals surface area contributed by atoms with Crippen LogP contribution in [-0.2, 0) is 5.75 Å². The van der Waals surface area contributed by atoms with Crippen molar-refractivity contribution in [2.24, 2.45) is 5.73 Å². The minimum absolute atomic E-state index is 0.246. The number of hydrogen-bond donors (Lipinski definition) is 2. The Morgan fingerprint density at radius 2 is 1.88 bits per heavy atom. The second-order valence-corrected chi connectivity index (χ2v) is 6.28. The van der Waals surface area contributed by atoms with Gasteiger partial charge in [-0.2, -0.15) is 0 Å². The van der Waals surface area contributed by atoms with E-state index < -0.39 is 5.91 Å². The zero-order chi connectivity index (χ0) is 17.6. The predicted molar refractivity (Wildman–Crippen MR) is 97.6 cm³/mol. The van der Waals surface area contributed by atoms with Gasteiger partial charge in [-0.15, -0.1) is 11.8 Å². The van der Waals surface area contributed by atoms with Crippen molar-refractivity contribution in [1.29, 1.82) is 0 Å². The highest BCUT2D eigenvalue weighted by atomic mass is 32.2. The number of carbonyl (C=O) groups excluding carboxylic acids is 2. The number of amides is 2. The Morgan fingerprint density at radius 1 is 1.04 bits per heavy atom. The van der Waals surface area contributed by atoms with Gasteiger partial charge in [0.15, 0.2) is 0 Å². The van der Waals surface area contributed by atoms with Crippen LogP contribution in [-0.4, -0.2) is 11.8 Å². The zero-order valence-electron chi connectivity index (χ0n) is 13.3. The average Bonchev–Trinajstić information content (AvgIpc) is 3.14. The molecule has 0 aliphatic rings. The SMILES string of the molecule is NC(=O)c1cccc(NC(=O)c2ccccc2SCc2ccco2)c1. The number of hydrogen-bond acceptors (Lipinski definition) is 4. The van der Waals surface area contributed by atoms with E-state index in [1.54, 1.807) is 36.6 Å². The molecule has 2 aromatic carbocycles. The topological polar surface area (TPSA) is 85.3 Å². The summed E-state index contributed by atoms with van der Waals surface area (Å²) in [6.45, 7) is 0. The highest BCUT2D eigenvalue weighted by Crippen LogP contribution is 2.27. The molecule has 0 bridgehead atoms. The fraction of sp³-hybridized carbons (Fsp3) is 0.0526. The highest BCUT2D eigenvalue weighted by Gasteiger charge is 2.13. The molecule has 0 saturated heterocycles. The van der Waals surface area contributed by atoms with E-state index in [0.717, 1.165) is 10.7 Å². The van der Waals surface area contributed by atoms with Gasteiger partial charge in [-0.1, -0.05) is 18.2 Å². The second-order valence-electron chi connectivity index (χ2n) is 5.26. The molecule has 2 amide bonds. The van der Waals surface area contributed by atoms with E-state index in [4.69, 9.17) is 10.2 Å². The zero-order valence-corrected chi connectivity index (χ0v) is 14.1. The molecule has 5 nitrogen and oxygen atoms in total. The molecule has 3 rings (SSSR count). The Kier molecular flexibility index (Phi) is 5.20. The molecule has 3 aromatic rings. The van der Waals surface area contributed by atoms with E-state index in [9.17, 15) is 9.59 Å². The molecule has 0 unspecified atom stereocenters. The lowest BCUT2D eigenvalue weighted by Crippen LogP contribution is -2.15. The smallest absolute Gasteiger partial charge is 0.256 e. The molecule has 0 fully saturated rings. The van der Waals surface area contributed by atoms with Crippen LogP contribution in [0.4, 0.5) is 5.69 Å². The molecule has 0 radical (unpaired) electrons. The minimum atomic E-state index is -0.537. The number of thioether (sulfide) groups is 1. The minimum Gasteiger partial charge on any atom is -0.468 e. The van der Waals surface area contributed by atoms with Crippen molar-refractivity contribution < 1.29 is 14.0 Å². The third-order valence-corrected chi connectivity index (χ3v) is 4.58. The van der Waals surface area contributed by atoms with Crippen molar-refractivity contribution in [3.05, 3.63) is 83.8 Å². The summed E-state index contributed by atoms with van der Waals surface area (Å²) in [7, 11) is 0. The normalized spacial score (nSPS) is 10.4. The van der Waals surface area contributed by atoms with Crippen LogP contribution in [0.25, 0.3) is 0 Å². The van der Waals surface area contributed by atoms with E-state index in [1.807, 2.05) is 30.3 Å². The van der Waals surface area contributed by atoms with Gasteiger partial charge in [-0.3, -0.25) is 9.59 Å². The van der Waals surface area contributed by atoms with Gasteiger partial charge < -0.3 is 15.5 Å². The Bertz CT molecular complexity index is 891. The van der Waals surface area contributed by atoms with Gasteiger partial charge >= 0.3 is 0 Å². The maximum Gasteiger partial charge on any atom is 0.256 e. The van der Waals surface area contributed by atoms with Crippen LogP contribution >= 0.6 is 11.8 Å². The number of primary amides is 1. The van der Waals surface area contributed by atoms with Gasteiger partial charge in [0.05, 0.1) is 17.6 Å². The fourth-order valence-corrected chi connectivity index (χ4v) is 3.23. The molecule has 6 heteroatoms. The molecule has 0 spiro atoms. The van der Waals surface area contributed by atoms with Gasteiger partial charge in [-0.05, 0) is 42.5 Å². The van der Waals surface area contributed by atoms with E-state index in [-0.39, 0.29) is 5.91 Å². The number of benzene rings is 2. The summed E-state index contributed by atoms with van der Waals surface area (Å²) in [6.07, 6.45) is 1.63. The van der Waals surface area contributed by atoms with Gasteiger partial charge in [0.1, 0.15) is 5.76 Å². The summed E-state index contributed by atoms with van der Waals surface area (Å²) >= 11 is 1.52. The van der Waals surface area contributed by atoms with E-state index in [1.165, 1.54) is 11.8 Å². The maximum atomic E-state index is 12.6. The van der Waals surface area contributed by atoms with Gasteiger partial charge in [-0.25, -0.2) is 0 Å². The molecule has 0 aliphatic heterocycles. The first-order valence-corrected chi connectivity index (χ1v) is 8.57. The van der Waals surface area contributed by atoms with E-state index in [0.29, 0.717) is 22.6 Å². The van der Waals surface area contributed by atoms with Crippen molar-refractivity contribution >= 4 is 29.3 Å². The standard InChI is InChI=1S/C19H16N2O3S/c20-18(22)13-5-3-6-14(11-13)21-19(23)16-8-1-2-9-17(16)25-12-15-7-4-10-24-15/h1-11H,12H2,(H2,20,22)(H,21,23). The number of anilines is 1. The summed E-state index contributed by atoms with van der Waals surface area (Å²) in [6, 6.07) is 17.6. The Morgan fingerprint density at radius 3 is 2.64 bits per heavy atom. The van der Waals surface area contributed by atoms with Crippen molar-refractivity contribution in [2.75, 3.05) is 5.32 Å². The first-order valence-electron chi connectivity index (χ1n) is 7.59. The average molecular weight is 352 g/mol. The number of rotatable bonds is 6. The number of carbonyl (C=O) groups is 2.